The minimum atomic E-state index is -0.282. The summed E-state index contributed by atoms with van der Waals surface area (Å²) in [5.74, 6) is 0.632. The van der Waals surface area contributed by atoms with E-state index in [2.05, 4.69) is 24.5 Å². The summed E-state index contributed by atoms with van der Waals surface area (Å²) in [7, 11) is 0. The maximum atomic E-state index is 12.9. The van der Waals surface area contributed by atoms with Crippen LogP contribution in [-0.4, -0.2) is 47.4 Å². The first kappa shape index (κ1) is 19.5. The van der Waals surface area contributed by atoms with E-state index in [0.29, 0.717) is 24.4 Å². The van der Waals surface area contributed by atoms with Gasteiger partial charge in [-0.15, -0.1) is 12.4 Å². The van der Waals surface area contributed by atoms with Crippen molar-refractivity contribution in [3.8, 4) is 0 Å². The molecule has 24 heavy (non-hydrogen) atoms. The van der Waals surface area contributed by atoms with Crippen molar-refractivity contribution in [2.45, 2.75) is 89.4 Å². The SMILES string of the molecule is CC(C)CC(C(=O)NC1CC2CCC(C1)N2)N1CCCCC1=O.Cl. The van der Waals surface area contributed by atoms with Gasteiger partial charge in [0.2, 0.25) is 11.8 Å². The zero-order valence-corrected chi connectivity index (χ0v) is 15.7. The number of nitrogens with zero attached hydrogens (tertiary/aromatic N) is 1. The Bertz CT molecular complexity index is 446. The Hall–Kier alpha value is -0.810. The molecule has 3 heterocycles. The van der Waals surface area contributed by atoms with E-state index in [9.17, 15) is 9.59 Å². The number of piperidine rings is 2. The largest absolute Gasteiger partial charge is 0.351 e. The van der Waals surface area contributed by atoms with Gasteiger partial charge in [0.15, 0.2) is 0 Å². The van der Waals surface area contributed by atoms with Gasteiger partial charge in [0.1, 0.15) is 6.04 Å². The Morgan fingerprint density at radius 3 is 2.50 bits per heavy atom. The number of nitrogens with one attached hydrogen (secondary N) is 2. The summed E-state index contributed by atoms with van der Waals surface area (Å²) in [5, 5.41) is 6.88. The van der Waals surface area contributed by atoms with Gasteiger partial charge in [-0.05, 0) is 50.9 Å². The molecule has 3 aliphatic heterocycles. The average molecular weight is 358 g/mol. The van der Waals surface area contributed by atoms with Gasteiger partial charge in [-0.1, -0.05) is 13.8 Å². The molecule has 5 nitrogen and oxygen atoms in total. The monoisotopic (exact) mass is 357 g/mol. The molecule has 2 N–H and O–H groups in total. The molecule has 0 radical (unpaired) electrons. The number of hydrogen-bond donors (Lipinski definition) is 2. The van der Waals surface area contributed by atoms with Crippen LogP contribution in [0.15, 0.2) is 0 Å². The number of rotatable bonds is 5. The predicted molar refractivity (Wildman–Crippen MR) is 97.2 cm³/mol. The van der Waals surface area contributed by atoms with Crippen LogP contribution < -0.4 is 10.6 Å². The number of halogens is 1. The molecule has 3 unspecified atom stereocenters. The van der Waals surface area contributed by atoms with Crippen LogP contribution in [0.5, 0.6) is 0 Å². The van der Waals surface area contributed by atoms with E-state index in [0.717, 1.165) is 38.6 Å². The lowest BCUT2D eigenvalue weighted by Gasteiger charge is -2.37. The van der Waals surface area contributed by atoms with Crippen LogP contribution >= 0.6 is 12.4 Å². The van der Waals surface area contributed by atoms with Crippen molar-refractivity contribution in [2.75, 3.05) is 6.54 Å². The summed E-state index contributed by atoms with van der Waals surface area (Å²) < 4.78 is 0. The highest BCUT2D eigenvalue weighted by molar-refractivity contribution is 5.88. The summed E-state index contributed by atoms with van der Waals surface area (Å²) in [5.41, 5.74) is 0. The number of carbonyl (C=O) groups excluding carboxylic acids is 2. The van der Waals surface area contributed by atoms with Crippen LogP contribution in [0.25, 0.3) is 0 Å². The van der Waals surface area contributed by atoms with E-state index in [1.165, 1.54) is 12.8 Å². The third-order valence-corrected chi connectivity index (χ3v) is 5.55. The van der Waals surface area contributed by atoms with E-state index >= 15 is 0 Å². The third-order valence-electron chi connectivity index (χ3n) is 5.55. The molecule has 2 amide bonds. The summed E-state index contributed by atoms with van der Waals surface area (Å²) in [6.07, 6.45) is 7.87. The lowest BCUT2D eigenvalue weighted by molar-refractivity contribution is -0.143. The molecule has 0 saturated carbocycles. The zero-order valence-electron chi connectivity index (χ0n) is 14.9. The lowest BCUT2D eigenvalue weighted by Crippen LogP contribution is -2.56. The average Bonchev–Trinajstić information content (AvgIpc) is 2.84. The Kier molecular flexibility index (Phi) is 6.93. The van der Waals surface area contributed by atoms with Crippen LogP contribution in [0.2, 0.25) is 0 Å². The van der Waals surface area contributed by atoms with E-state index in [1.54, 1.807) is 0 Å². The molecule has 0 spiro atoms. The van der Waals surface area contributed by atoms with E-state index in [4.69, 9.17) is 0 Å². The highest BCUT2D eigenvalue weighted by Gasteiger charge is 2.37. The van der Waals surface area contributed by atoms with Gasteiger partial charge in [-0.2, -0.15) is 0 Å². The Morgan fingerprint density at radius 2 is 1.92 bits per heavy atom. The number of carbonyl (C=O) groups is 2. The first-order chi connectivity index (χ1) is 11.0. The van der Waals surface area contributed by atoms with Gasteiger partial charge in [-0.25, -0.2) is 0 Å². The van der Waals surface area contributed by atoms with Crippen molar-refractivity contribution in [1.82, 2.24) is 15.5 Å². The molecule has 0 aromatic carbocycles. The quantitative estimate of drug-likeness (QED) is 0.793. The topological polar surface area (TPSA) is 61.4 Å². The molecule has 3 saturated heterocycles. The normalized spacial score (nSPS) is 30.9. The van der Waals surface area contributed by atoms with Crippen molar-refractivity contribution in [2.24, 2.45) is 5.92 Å². The van der Waals surface area contributed by atoms with Crippen LogP contribution in [0.4, 0.5) is 0 Å². The van der Waals surface area contributed by atoms with Crippen molar-refractivity contribution in [3.05, 3.63) is 0 Å². The molecular formula is C18H32ClN3O2. The van der Waals surface area contributed by atoms with Gasteiger partial charge >= 0.3 is 0 Å². The fraction of sp³-hybridized carbons (Fsp3) is 0.889. The number of amides is 2. The Labute approximate surface area is 151 Å². The van der Waals surface area contributed by atoms with E-state index in [-0.39, 0.29) is 36.3 Å². The molecule has 3 aliphatic rings. The van der Waals surface area contributed by atoms with E-state index < -0.39 is 0 Å². The molecule has 0 aliphatic carbocycles. The first-order valence-corrected chi connectivity index (χ1v) is 9.39. The molecule has 3 fully saturated rings. The second-order valence-electron chi connectivity index (χ2n) is 8.00. The molecular weight excluding hydrogens is 326 g/mol. The third kappa shape index (κ3) is 4.63. The minimum Gasteiger partial charge on any atom is -0.351 e. The second kappa shape index (κ2) is 8.52. The van der Waals surface area contributed by atoms with Gasteiger partial charge in [0, 0.05) is 31.1 Å². The number of hydrogen-bond acceptors (Lipinski definition) is 3. The minimum absolute atomic E-state index is 0. The van der Waals surface area contributed by atoms with E-state index in [1.807, 2.05) is 4.90 Å². The Morgan fingerprint density at radius 1 is 1.25 bits per heavy atom. The maximum Gasteiger partial charge on any atom is 0.243 e. The summed E-state index contributed by atoms with van der Waals surface area (Å²) in [6.45, 7) is 4.99. The van der Waals surface area contributed by atoms with Crippen molar-refractivity contribution in [1.29, 1.82) is 0 Å². The van der Waals surface area contributed by atoms with Crippen LogP contribution in [0, 0.1) is 5.92 Å². The molecule has 138 valence electrons. The summed E-state index contributed by atoms with van der Waals surface area (Å²) in [4.78, 5) is 27.0. The smallest absolute Gasteiger partial charge is 0.243 e. The van der Waals surface area contributed by atoms with Crippen LogP contribution in [0.3, 0.4) is 0 Å². The summed E-state index contributed by atoms with van der Waals surface area (Å²) in [6, 6.07) is 1.13. The fourth-order valence-electron chi connectivity index (χ4n) is 4.45. The molecule has 3 atom stereocenters. The van der Waals surface area contributed by atoms with Crippen LogP contribution in [0.1, 0.15) is 65.2 Å². The van der Waals surface area contributed by atoms with Gasteiger partial charge in [0.25, 0.3) is 0 Å². The lowest BCUT2D eigenvalue weighted by atomic mass is 9.96. The van der Waals surface area contributed by atoms with Crippen LogP contribution in [-0.2, 0) is 9.59 Å². The second-order valence-corrected chi connectivity index (χ2v) is 8.00. The van der Waals surface area contributed by atoms with Crippen molar-refractivity contribution < 1.29 is 9.59 Å². The molecule has 6 heteroatoms. The van der Waals surface area contributed by atoms with Gasteiger partial charge in [0.05, 0.1) is 0 Å². The fourth-order valence-corrected chi connectivity index (χ4v) is 4.45. The highest BCUT2D eigenvalue weighted by atomic mass is 35.5. The molecule has 3 rings (SSSR count). The number of likely N-dealkylation sites (tertiary alicyclic amines) is 1. The zero-order chi connectivity index (χ0) is 16.4. The molecule has 0 aromatic heterocycles. The number of fused-ring (bicyclic) bond motifs is 2. The highest BCUT2D eigenvalue weighted by Crippen LogP contribution is 2.27. The van der Waals surface area contributed by atoms with Gasteiger partial charge in [-0.3, -0.25) is 9.59 Å². The molecule has 0 aromatic rings. The summed E-state index contributed by atoms with van der Waals surface area (Å²) >= 11 is 0. The van der Waals surface area contributed by atoms with Gasteiger partial charge < -0.3 is 15.5 Å². The predicted octanol–water partition coefficient (Wildman–Crippen LogP) is 2.23. The first-order valence-electron chi connectivity index (χ1n) is 9.39. The van der Waals surface area contributed by atoms with Crippen molar-refractivity contribution >= 4 is 24.2 Å². The standard InChI is InChI=1S/C18H31N3O2.ClH/c1-12(2)9-16(21-8-4-3-5-17(21)22)18(23)20-15-10-13-6-7-14(11-15)19-13;/h12-16,19H,3-11H2,1-2H3,(H,20,23);1H. The maximum absolute atomic E-state index is 12.9. The molecule has 2 bridgehead atoms. The Balaban J connectivity index is 0.00000208. The van der Waals surface area contributed by atoms with Crippen molar-refractivity contribution in [3.63, 3.8) is 0 Å².